The molecule has 4 heteroatoms. The van der Waals surface area contributed by atoms with Crippen LogP contribution in [0.1, 0.15) is 27.2 Å². The van der Waals surface area contributed by atoms with E-state index >= 15 is 0 Å². The molecule has 2 unspecified atom stereocenters. The van der Waals surface area contributed by atoms with Crippen molar-refractivity contribution in [3.63, 3.8) is 0 Å². The van der Waals surface area contributed by atoms with Crippen molar-refractivity contribution in [2.24, 2.45) is 5.92 Å². The van der Waals surface area contributed by atoms with Crippen LogP contribution in [0.2, 0.25) is 0 Å². The van der Waals surface area contributed by atoms with Gasteiger partial charge < -0.3 is 15.0 Å². The maximum absolute atomic E-state index is 14.0. The third kappa shape index (κ3) is 3.85. The zero-order chi connectivity index (χ0) is 14.5. The smallest absolute Gasteiger partial charge is 0.167 e. The van der Waals surface area contributed by atoms with Crippen molar-refractivity contribution in [2.75, 3.05) is 31.1 Å². The lowest BCUT2D eigenvalue weighted by molar-refractivity contribution is 0.321. The van der Waals surface area contributed by atoms with Gasteiger partial charge in [-0.25, -0.2) is 4.39 Å². The zero-order valence-electron chi connectivity index (χ0n) is 12.7. The van der Waals surface area contributed by atoms with Crippen molar-refractivity contribution >= 4 is 5.69 Å². The number of rotatable bonds is 3. The molecule has 1 aliphatic rings. The van der Waals surface area contributed by atoms with Gasteiger partial charge in [-0.05, 0) is 44.9 Å². The van der Waals surface area contributed by atoms with E-state index in [1.54, 1.807) is 12.1 Å². The predicted octanol–water partition coefficient (Wildman–Crippen LogP) is 3.05. The lowest BCUT2D eigenvalue weighted by atomic mass is 10.1. The maximum atomic E-state index is 14.0. The van der Waals surface area contributed by atoms with Crippen LogP contribution in [0.25, 0.3) is 0 Å². The second-order valence-corrected chi connectivity index (χ2v) is 5.70. The first-order chi connectivity index (χ1) is 9.60. The SMILES string of the molecule is CCOc1ccc(N2CCC(C)NCC(C)C2)cc1F. The van der Waals surface area contributed by atoms with Crippen molar-refractivity contribution in [1.82, 2.24) is 5.32 Å². The van der Waals surface area contributed by atoms with Crippen LogP contribution >= 0.6 is 0 Å². The summed E-state index contributed by atoms with van der Waals surface area (Å²) < 4.78 is 19.2. The van der Waals surface area contributed by atoms with Gasteiger partial charge in [-0.15, -0.1) is 0 Å². The third-order valence-corrected chi connectivity index (χ3v) is 3.76. The van der Waals surface area contributed by atoms with Crippen molar-refractivity contribution < 1.29 is 9.13 Å². The summed E-state index contributed by atoms with van der Waals surface area (Å²) in [6.45, 7) is 9.69. The van der Waals surface area contributed by atoms with Gasteiger partial charge in [0.15, 0.2) is 11.6 Å². The minimum absolute atomic E-state index is 0.273. The molecule has 1 saturated heterocycles. The molecule has 20 heavy (non-hydrogen) atoms. The Kier molecular flexibility index (Phi) is 5.24. The number of hydrogen-bond donors (Lipinski definition) is 1. The first-order valence-electron chi connectivity index (χ1n) is 7.50. The van der Waals surface area contributed by atoms with E-state index in [2.05, 4.69) is 24.1 Å². The molecule has 1 aromatic rings. The van der Waals surface area contributed by atoms with E-state index in [1.807, 2.05) is 13.0 Å². The lowest BCUT2D eigenvalue weighted by Gasteiger charge is -2.33. The van der Waals surface area contributed by atoms with Crippen LogP contribution in [0, 0.1) is 11.7 Å². The molecule has 1 heterocycles. The summed E-state index contributed by atoms with van der Waals surface area (Å²) in [4.78, 5) is 2.28. The molecule has 0 radical (unpaired) electrons. The highest BCUT2D eigenvalue weighted by Gasteiger charge is 2.18. The van der Waals surface area contributed by atoms with Gasteiger partial charge in [-0.2, -0.15) is 0 Å². The number of benzene rings is 1. The summed E-state index contributed by atoms with van der Waals surface area (Å²) in [7, 11) is 0. The second-order valence-electron chi connectivity index (χ2n) is 5.70. The Hall–Kier alpha value is -1.29. The van der Waals surface area contributed by atoms with Crippen molar-refractivity contribution in [1.29, 1.82) is 0 Å². The van der Waals surface area contributed by atoms with E-state index in [0.717, 1.165) is 31.7 Å². The quantitative estimate of drug-likeness (QED) is 0.921. The highest BCUT2D eigenvalue weighted by Crippen LogP contribution is 2.25. The Bertz CT molecular complexity index is 438. The van der Waals surface area contributed by atoms with Crippen molar-refractivity contribution in [2.45, 2.75) is 33.2 Å². The number of halogens is 1. The normalized spacial score (nSPS) is 24.1. The number of ether oxygens (including phenoxy) is 1. The van der Waals surface area contributed by atoms with E-state index < -0.39 is 0 Å². The summed E-state index contributed by atoms with van der Waals surface area (Å²) in [6, 6.07) is 5.80. The predicted molar refractivity (Wildman–Crippen MR) is 81.0 cm³/mol. The van der Waals surface area contributed by atoms with E-state index in [1.165, 1.54) is 0 Å². The van der Waals surface area contributed by atoms with Crippen LogP contribution in [-0.4, -0.2) is 32.3 Å². The summed E-state index contributed by atoms with van der Waals surface area (Å²) in [6.07, 6.45) is 1.07. The summed E-state index contributed by atoms with van der Waals surface area (Å²) in [5.41, 5.74) is 0.951. The number of nitrogens with one attached hydrogen (secondary N) is 1. The second kappa shape index (κ2) is 6.93. The van der Waals surface area contributed by atoms with Gasteiger partial charge in [-0.3, -0.25) is 0 Å². The topological polar surface area (TPSA) is 24.5 Å². The van der Waals surface area contributed by atoms with Crippen LogP contribution in [0.4, 0.5) is 10.1 Å². The summed E-state index contributed by atoms with van der Waals surface area (Å²) in [5.74, 6) is 0.615. The highest BCUT2D eigenvalue weighted by molar-refractivity contribution is 5.50. The molecule has 1 N–H and O–H groups in total. The molecule has 1 aromatic carbocycles. The van der Waals surface area contributed by atoms with Crippen LogP contribution in [0.3, 0.4) is 0 Å². The van der Waals surface area contributed by atoms with Gasteiger partial charge in [0.25, 0.3) is 0 Å². The molecule has 1 aliphatic heterocycles. The summed E-state index contributed by atoms with van der Waals surface area (Å²) >= 11 is 0. The Balaban J connectivity index is 2.13. The average molecular weight is 280 g/mol. The van der Waals surface area contributed by atoms with Crippen LogP contribution in [-0.2, 0) is 0 Å². The van der Waals surface area contributed by atoms with Gasteiger partial charge in [0.05, 0.1) is 6.61 Å². The number of anilines is 1. The van der Waals surface area contributed by atoms with E-state index in [0.29, 0.717) is 24.3 Å². The van der Waals surface area contributed by atoms with Gasteiger partial charge >= 0.3 is 0 Å². The molecule has 2 atom stereocenters. The molecule has 0 aromatic heterocycles. The monoisotopic (exact) mass is 280 g/mol. The molecule has 0 spiro atoms. The molecular formula is C16H25FN2O. The van der Waals surface area contributed by atoms with Gasteiger partial charge in [0.1, 0.15) is 0 Å². The molecule has 0 aliphatic carbocycles. The first kappa shape index (κ1) is 15.1. The highest BCUT2D eigenvalue weighted by atomic mass is 19.1. The molecule has 0 saturated carbocycles. The fourth-order valence-electron chi connectivity index (χ4n) is 2.58. The molecular weight excluding hydrogens is 255 g/mol. The average Bonchev–Trinajstić information content (AvgIpc) is 2.42. The fraction of sp³-hybridized carbons (Fsp3) is 0.625. The Morgan fingerprint density at radius 2 is 2.20 bits per heavy atom. The number of nitrogens with zero attached hydrogens (tertiary/aromatic N) is 1. The zero-order valence-corrected chi connectivity index (χ0v) is 12.7. The van der Waals surface area contributed by atoms with E-state index in [-0.39, 0.29) is 5.82 Å². The van der Waals surface area contributed by atoms with E-state index in [9.17, 15) is 4.39 Å². The van der Waals surface area contributed by atoms with Crippen molar-refractivity contribution in [3.05, 3.63) is 24.0 Å². The largest absolute Gasteiger partial charge is 0.491 e. The van der Waals surface area contributed by atoms with Crippen molar-refractivity contribution in [3.8, 4) is 5.75 Å². The van der Waals surface area contributed by atoms with Gasteiger partial charge in [-0.1, -0.05) is 6.92 Å². The fourth-order valence-corrected chi connectivity index (χ4v) is 2.58. The Morgan fingerprint density at radius 3 is 2.90 bits per heavy atom. The van der Waals surface area contributed by atoms with Crippen LogP contribution in [0.15, 0.2) is 18.2 Å². The Morgan fingerprint density at radius 1 is 1.40 bits per heavy atom. The minimum Gasteiger partial charge on any atom is -0.491 e. The first-order valence-corrected chi connectivity index (χ1v) is 7.50. The van der Waals surface area contributed by atoms with Crippen LogP contribution in [0.5, 0.6) is 5.75 Å². The molecule has 112 valence electrons. The van der Waals surface area contributed by atoms with Crippen LogP contribution < -0.4 is 15.0 Å². The maximum Gasteiger partial charge on any atom is 0.167 e. The van der Waals surface area contributed by atoms with Gasteiger partial charge in [0, 0.05) is 30.9 Å². The third-order valence-electron chi connectivity index (χ3n) is 3.76. The lowest BCUT2D eigenvalue weighted by Crippen LogP contribution is -2.42. The molecule has 1 fully saturated rings. The summed E-state index contributed by atoms with van der Waals surface area (Å²) in [5, 5.41) is 3.52. The van der Waals surface area contributed by atoms with E-state index in [4.69, 9.17) is 4.74 Å². The molecule has 0 bridgehead atoms. The standard InChI is InChI=1S/C16H25FN2O/c1-4-20-16-6-5-14(9-15(16)17)19-8-7-13(3)18-10-12(2)11-19/h5-6,9,12-13,18H,4,7-8,10-11H2,1-3H3. The minimum atomic E-state index is -0.273. The van der Waals surface area contributed by atoms with Gasteiger partial charge in [0.2, 0.25) is 0 Å². The Labute approximate surface area is 121 Å². The number of hydrogen-bond acceptors (Lipinski definition) is 3. The molecule has 3 nitrogen and oxygen atoms in total. The molecule has 2 rings (SSSR count). The molecule has 0 amide bonds.